The second-order valence-corrected chi connectivity index (χ2v) is 1.30. The molecule has 0 heterocycles. The Labute approximate surface area is 33.8 Å². The number of hydrogen-bond donors (Lipinski definition) is 1. The minimum atomic E-state index is -0.604. The van der Waals surface area contributed by atoms with Crippen molar-refractivity contribution >= 4 is 0 Å². The Morgan fingerprint density at radius 2 is 2.00 bits per heavy atom. The Hall–Kier alpha value is 0.479. The number of rotatable bonds is 0. The molecule has 1 atom stereocenters. The van der Waals surface area contributed by atoms with Crippen LogP contribution < -0.4 is 0 Å². The fourth-order valence-corrected chi connectivity index (χ4v) is 0. The topological polar surface area (TPSA) is 20.2 Å². The zero-order valence-corrected chi connectivity index (χ0v) is 3.27. The van der Waals surface area contributed by atoms with Crippen LogP contribution in [-0.2, 0) is 16.0 Å². The van der Waals surface area contributed by atoms with E-state index >= 15 is 0 Å². The molecule has 2 heteroatoms. The van der Waals surface area contributed by atoms with Gasteiger partial charge in [0.05, 0.1) is 0 Å². The third kappa shape index (κ3) is 23.6. The third-order valence-corrected chi connectivity index (χ3v) is 0. The molecule has 0 aromatic carbocycles. The summed E-state index contributed by atoms with van der Waals surface area (Å²) in [6.07, 6.45) is 0. The molecule has 0 amide bonds. The number of hydrogen-bond acceptors (Lipinski definition) is 1. The predicted octanol–water partition coefficient (Wildman–Crippen LogP) is -0.129. The van der Waals surface area contributed by atoms with Crippen LogP contribution in [0.15, 0.2) is 0 Å². The van der Waals surface area contributed by atoms with E-state index in [2.05, 4.69) is 16.0 Å². The summed E-state index contributed by atoms with van der Waals surface area (Å²) in [6, 6.07) is 0. The fourth-order valence-electron chi connectivity index (χ4n) is 0. The summed E-state index contributed by atoms with van der Waals surface area (Å²) in [5.41, 5.74) is 0. The van der Waals surface area contributed by atoms with E-state index in [1.54, 1.807) is 0 Å². The van der Waals surface area contributed by atoms with Gasteiger partial charge in [-0.05, 0) is 0 Å². The van der Waals surface area contributed by atoms with Gasteiger partial charge in [0.15, 0.2) is 0 Å². The molecule has 0 aliphatic heterocycles. The van der Waals surface area contributed by atoms with Gasteiger partial charge in [-0.3, -0.25) is 0 Å². The van der Waals surface area contributed by atoms with Gasteiger partial charge in [0.25, 0.3) is 0 Å². The molecule has 0 spiro atoms. The molecule has 1 unspecified atom stereocenters. The first-order chi connectivity index (χ1) is 1.73. The summed E-state index contributed by atoms with van der Waals surface area (Å²) in [6.45, 7) is 1.53. The van der Waals surface area contributed by atoms with Gasteiger partial charge < -0.3 is 0 Å². The fraction of sp³-hybridized carbons (Fsp3) is 1.00. The van der Waals surface area contributed by atoms with Crippen LogP contribution >= 0.6 is 0 Å². The van der Waals surface area contributed by atoms with Crippen LogP contribution in [0.4, 0.5) is 0 Å². The van der Waals surface area contributed by atoms with Crippen LogP contribution in [0.2, 0.25) is 0 Å². The quantitative estimate of drug-likeness (QED) is 0.429. The van der Waals surface area contributed by atoms with Crippen molar-refractivity contribution in [3.63, 3.8) is 0 Å². The van der Waals surface area contributed by atoms with Crippen molar-refractivity contribution in [1.29, 1.82) is 0 Å². The Kier molecular flexibility index (Phi) is 1.98. The van der Waals surface area contributed by atoms with Crippen molar-refractivity contribution in [3.8, 4) is 0 Å². The SMILES string of the molecule is C[CH](O)[Cu]. The monoisotopic (exact) mass is 108 g/mol. The van der Waals surface area contributed by atoms with E-state index in [9.17, 15) is 0 Å². The molecule has 0 aromatic rings. The summed E-state index contributed by atoms with van der Waals surface area (Å²) in [4.78, 5) is 0. The Balaban J connectivity index is 2.32. The van der Waals surface area contributed by atoms with Crippen molar-refractivity contribution < 1.29 is 21.1 Å². The van der Waals surface area contributed by atoms with Gasteiger partial charge in [-0.15, -0.1) is 0 Å². The van der Waals surface area contributed by atoms with Gasteiger partial charge >= 0.3 is 33.0 Å². The van der Waals surface area contributed by atoms with E-state index in [0.29, 0.717) is 0 Å². The van der Waals surface area contributed by atoms with E-state index in [1.807, 2.05) is 0 Å². The van der Waals surface area contributed by atoms with E-state index in [1.165, 1.54) is 6.92 Å². The first kappa shape index (κ1) is 4.48. The van der Waals surface area contributed by atoms with Crippen molar-refractivity contribution in [2.24, 2.45) is 0 Å². The van der Waals surface area contributed by atoms with Crippen LogP contribution in [0, 0.1) is 0 Å². The molecule has 0 fully saturated rings. The molecule has 0 radical (unpaired) electrons. The maximum absolute atomic E-state index is 7.86. The zero-order chi connectivity index (χ0) is 3.58. The molecule has 0 bridgehead atoms. The van der Waals surface area contributed by atoms with E-state index in [0.717, 1.165) is 0 Å². The first-order valence-electron chi connectivity index (χ1n) is 1.01. The summed E-state index contributed by atoms with van der Waals surface area (Å²) >= 11 is 4.30. The zero-order valence-electron chi connectivity index (χ0n) is 2.33. The molecule has 1 nitrogen and oxygen atoms in total. The van der Waals surface area contributed by atoms with Gasteiger partial charge in [0.2, 0.25) is 0 Å². The Morgan fingerprint density at radius 3 is 2.00 bits per heavy atom. The number of aliphatic hydroxyl groups excluding tert-OH is 1. The minimum absolute atomic E-state index is 0.604. The predicted molar refractivity (Wildman–Crippen MR) is 11.7 cm³/mol. The summed E-state index contributed by atoms with van der Waals surface area (Å²) in [5.74, 6) is 0. The average molecular weight is 109 g/mol. The van der Waals surface area contributed by atoms with E-state index in [-0.39, 0.29) is 0 Å². The molecule has 0 aliphatic carbocycles. The van der Waals surface area contributed by atoms with Crippen LogP contribution in [0.25, 0.3) is 0 Å². The first-order valence-corrected chi connectivity index (χ1v) is 1.55. The second-order valence-electron chi connectivity index (χ2n) is 0.510. The molecule has 30 valence electrons. The van der Waals surface area contributed by atoms with Crippen molar-refractivity contribution in [2.75, 3.05) is 0 Å². The molecule has 4 heavy (non-hydrogen) atoms. The summed E-state index contributed by atoms with van der Waals surface area (Å²) < 4.78 is 0. The van der Waals surface area contributed by atoms with E-state index in [4.69, 9.17) is 5.11 Å². The summed E-state index contributed by atoms with van der Waals surface area (Å²) in [7, 11) is 0. The van der Waals surface area contributed by atoms with Crippen LogP contribution in [0.3, 0.4) is 0 Å². The molecule has 0 aliphatic rings. The van der Waals surface area contributed by atoms with Crippen LogP contribution in [0.1, 0.15) is 6.92 Å². The average Bonchev–Trinajstić information content (AvgIpc) is 0.811. The second kappa shape index (κ2) is 1.77. The molecular weight excluding hydrogens is 104 g/mol. The van der Waals surface area contributed by atoms with Gasteiger partial charge in [-0.1, -0.05) is 0 Å². The third-order valence-electron chi connectivity index (χ3n) is 0. The van der Waals surface area contributed by atoms with Crippen molar-refractivity contribution in [3.05, 3.63) is 0 Å². The molecule has 0 aromatic heterocycles. The molecule has 1 N–H and O–H groups in total. The normalized spacial score (nSPS) is 16.0. The van der Waals surface area contributed by atoms with Crippen molar-refractivity contribution in [1.82, 2.24) is 0 Å². The van der Waals surface area contributed by atoms with Crippen molar-refractivity contribution in [2.45, 2.75) is 11.9 Å². The van der Waals surface area contributed by atoms with Gasteiger partial charge in [-0.25, -0.2) is 0 Å². The Bertz CT molecular complexity index is 10.8. The standard InChI is InChI=1S/C2H5O.Cu/c1-2-3;/h2-3H,1H3;. The van der Waals surface area contributed by atoms with Crippen LogP contribution in [-0.4, -0.2) is 10.1 Å². The molecular formula is C2H5CuO. The maximum atomic E-state index is 7.86. The molecule has 0 saturated heterocycles. The summed E-state index contributed by atoms with van der Waals surface area (Å²) in [5, 5.41) is 7.26. The number of aliphatic hydroxyl groups is 1. The molecule has 0 rings (SSSR count). The van der Waals surface area contributed by atoms with Gasteiger partial charge in [-0.2, -0.15) is 0 Å². The van der Waals surface area contributed by atoms with Crippen LogP contribution in [0.5, 0.6) is 0 Å². The van der Waals surface area contributed by atoms with Gasteiger partial charge in [0, 0.05) is 0 Å². The van der Waals surface area contributed by atoms with E-state index < -0.39 is 5.00 Å². The Morgan fingerprint density at radius 1 is 2.00 bits per heavy atom. The molecule has 0 saturated carbocycles. The van der Waals surface area contributed by atoms with Gasteiger partial charge in [0.1, 0.15) is 0 Å².